The quantitative estimate of drug-likeness (QED) is 0.368. The van der Waals surface area contributed by atoms with Crippen LogP contribution in [0.2, 0.25) is 0 Å². The Hall–Kier alpha value is -3.91. The third-order valence-electron chi connectivity index (χ3n) is 6.44. The van der Waals surface area contributed by atoms with Crippen LogP contribution in [0, 0.1) is 11.3 Å². The number of hydrogen-bond donors (Lipinski definition) is 3. The van der Waals surface area contributed by atoms with Crippen molar-refractivity contribution in [3.8, 4) is 0 Å². The molecule has 3 N–H and O–H groups in total. The van der Waals surface area contributed by atoms with E-state index >= 15 is 0 Å². The van der Waals surface area contributed by atoms with Gasteiger partial charge in [0.1, 0.15) is 5.76 Å². The highest BCUT2D eigenvalue weighted by molar-refractivity contribution is 5.73. The van der Waals surface area contributed by atoms with Gasteiger partial charge in [-0.3, -0.25) is 9.88 Å². The third-order valence-corrected chi connectivity index (χ3v) is 6.44. The van der Waals surface area contributed by atoms with Crippen LogP contribution in [0.1, 0.15) is 17.7 Å². The number of ether oxygens (including phenoxy) is 1. The summed E-state index contributed by atoms with van der Waals surface area (Å²) >= 11 is 0. The summed E-state index contributed by atoms with van der Waals surface area (Å²) < 4.78 is 107. The minimum absolute atomic E-state index is 0.357. The van der Waals surface area contributed by atoms with Crippen LogP contribution < -0.4 is 0 Å². The molecule has 20 heteroatoms. The Bertz CT molecular complexity index is 1170. The van der Waals surface area contributed by atoms with Crippen LogP contribution in [0.3, 0.4) is 0 Å². The lowest BCUT2D eigenvalue weighted by atomic mass is 9.77. The molecule has 0 radical (unpaired) electrons. The van der Waals surface area contributed by atoms with Gasteiger partial charge >= 0.3 is 36.4 Å². The summed E-state index contributed by atoms with van der Waals surface area (Å²) in [5.41, 5.74) is 1.50. The zero-order chi connectivity index (χ0) is 35.3. The second-order valence-corrected chi connectivity index (χ2v) is 10.1. The Kier molecular flexibility index (Phi) is 14.9. The number of furan rings is 1. The van der Waals surface area contributed by atoms with Gasteiger partial charge in [-0.1, -0.05) is 6.07 Å². The van der Waals surface area contributed by atoms with Gasteiger partial charge in [-0.2, -0.15) is 39.5 Å². The molecule has 0 amide bonds. The number of aliphatic carboxylic acids is 3. The first-order valence-electron chi connectivity index (χ1n) is 12.9. The van der Waals surface area contributed by atoms with Crippen LogP contribution in [-0.2, 0) is 32.3 Å². The Labute approximate surface area is 255 Å². The first-order chi connectivity index (χ1) is 21.1. The average molecular weight is 684 g/mol. The van der Waals surface area contributed by atoms with E-state index in [-0.39, 0.29) is 0 Å². The summed E-state index contributed by atoms with van der Waals surface area (Å²) in [6.07, 6.45) is -8.55. The molecular weight excluding hydrogens is 653 g/mol. The van der Waals surface area contributed by atoms with Crippen molar-refractivity contribution in [2.45, 2.75) is 38.1 Å². The van der Waals surface area contributed by atoms with E-state index in [1.54, 1.807) is 12.5 Å². The number of hydrogen-bond acceptors (Lipinski definition) is 8. The number of carboxylic acid groups (broad SMARTS) is 3. The van der Waals surface area contributed by atoms with Gasteiger partial charge < -0.3 is 29.4 Å². The summed E-state index contributed by atoms with van der Waals surface area (Å²) in [5, 5.41) is 21.4. The molecule has 1 spiro atoms. The van der Waals surface area contributed by atoms with E-state index in [9.17, 15) is 39.5 Å². The number of pyridine rings is 1. The highest BCUT2D eigenvalue weighted by atomic mass is 19.4. The molecule has 2 saturated heterocycles. The van der Waals surface area contributed by atoms with Gasteiger partial charge in [0, 0.05) is 43.4 Å². The highest BCUT2D eigenvalue weighted by Gasteiger charge is 2.49. The maximum absolute atomic E-state index is 10.6. The van der Waals surface area contributed by atoms with E-state index in [0.29, 0.717) is 17.9 Å². The molecule has 2 aliphatic rings. The van der Waals surface area contributed by atoms with Crippen LogP contribution in [-0.4, -0.2) is 106 Å². The van der Waals surface area contributed by atoms with Gasteiger partial charge in [0.05, 0.1) is 26.0 Å². The van der Waals surface area contributed by atoms with Gasteiger partial charge in [0.15, 0.2) is 0 Å². The van der Waals surface area contributed by atoms with Gasteiger partial charge in [-0.15, -0.1) is 0 Å². The van der Waals surface area contributed by atoms with Crippen LogP contribution in [0.25, 0.3) is 0 Å². The van der Waals surface area contributed by atoms with Crippen molar-refractivity contribution in [3.05, 3.63) is 54.2 Å². The van der Waals surface area contributed by atoms with E-state index in [4.69, 9.17) is 38.9 Å². The SMILES string of the molecule is CN1C[C@@H](COCc2cccnc2)[C@]2(CCN(Cc3ccco3)C2)C1.O=C(O)C(F)(F)F.O=C(O)C(F)(F)F.O=C(O)C(F)(F)F. The van der Waals surface area contributed by atoms with Gasteiger partial charge in [-0.25, -0.2) is 14.4 Å². The molecule has 0 saturated carbocycles. The van der Waals surface area contributed by atoms with Crippen molar-refractivity contribution in [2.75, 3.05) is 39.8 Å². The van der Waals surface area contributed by atoms with Crippen molar-refractivity contribution in [3.63, 3.8) is 0 Å². The lowest BCUT2D eigenvalue weighted by Crippen LogP contribution is -2.36. The van der Waals surface area contributed by atoms with Crippen LogP contribution >= 0.6 is 0 Å². The molecule has 0 unspecified atom stereocenters. The van der Waals surface area contributed by atoms with E-state index < -0.39 is 36.4 Å². The number of nitrogens with zero attached hydrogens (tertiary/aromatic N) is 3. The number of carboxylic acids is 3. The molecule has 0 aromatic carbocycles. The maximum atomic E-state index is 10.6. The first kappa shape index (κ1) is 40.1. The minimum Gasteiger partial charge on any atom is -0.475 e. The van der Waals surface area contributed by atoms with Crippen molar-refractivity contribution >= 4 is 17.9 Å². The standard InChI is InChI=1S/C20H27N3O2.3C2HF3O2/c1-22-11-18(14-24-13-17-4-2-7-21-10-17)20(15-22)6-8-23(16-20)12-19-5-3-9-25-19;3*3-2(4,5)1(6)7/h2-5,7,9-10,18H,6,8,11-16H2,1H3;3*(H,6,7)/t18-,20+;;;/m0.../s1. The Morgan fingerprint density at radius 1 is 0.935 bits per heavy atom. The van der Waals surface area contributed by atoms with Crippen molar-refractivity contribution in [1.82, 2.24) is 14.8 Å². The Morgan fingerprint density at radius 3 is 1.91 bits per heavy atom. The molecule has 0 aliphatic carbocycles. The van der Waals surface area contributed by atoms with E-state index in [2.05, 4.69) is 34.0 Å². The summed E-state index contributed by atoms with van der Waals surface area (Å²) in [6, 6.07) is 8.08. The first-order valence-corrected chi connectivity index (χ1v) is 12.9. The number of carbonyl (C=O) groups is 3. The fourth-order valence-electron chi connectivity index (χ4n) is 4.54. The van der Waals surface area contributed by atoms with Crippen LogP contribution in [0.5, 0.6) is 0 Å². The molecule has 4 heterocycles. The topological polar surface area (TPSA) is 154 Å². The molecule has 46 heavy (non-hydrogen) atoms. The predicted octanol–water partition coefficient (Wildman–Crippen LogP) is 4.55. The minimum atomic E-state index is -5.08. The molecule has 2 aliphatic heterocycles. The number of alkyl halides is 9. The Balaban J connectivity index is 0.000000413. The lowest BCUT2D eigenvalue weighted by molar-refractivity contribution is -0.193. The zero-order valence-corrected chi connectivity index (χ0v) is 23.9. The molecule has 0 bridgehead atoms. The Morgan fingerprint density at radius 2 is 1.48 bits per heavy atom. The number of halogens is 9. The molecule has 2 aromatic heterocycles. The molecule has 2 atom stereocenters. The average Bonchev–Trinajstić information content (AvgIpc) is 3.65. The summed E-state index contributed by atoms with van der Waals surface area (Å²) in [4.78, 5) is 35.8. The van der Waals surface area contributed by atoms with Crippen molar-refractivity contribution < 1.29 is 78.4 Å². The molecule has 2 aromatic rings. The largest absolute Gasteiger partial charge is 0.490 e. The number of rotatable bonds is 6. The zero-order valence-electron chi connectivity index (χ0n) is 23.9. The van der Waals surface area contributed by atoms with E-state index in [1.165, 1.54) is 13.0 Å². The normalized spacial score (nSPS) is 20.1. The van der Waals surface area contributed by atoms with Crippen LogP contribution in [0.4, 0.5) is 39.5 Å². The highest BCUT2D eigenvalue weighted by Crippen LogP contribution is 2.44. The second kappa shape index (κ2) is 17.1. The molecule has 2 fully saturated rings. The van der Waals surface area contributed by atoms with Gasteiger partial charge in [-0.05, 0) is 43.8 Å². The summed E-state index contributed by atoms with van der Waals surface area (Å²) in [7, 11) is 2.23. The predicted molar refractivity (Wildman–Crippen MR) is 137 cm³/mol. The van der Waals surface area contributed by atoms with Crippen molar-refractivity contribution in [2.24, 2.45) is 11.3 Å². The second-order valence-electron chi connectivity index (χ2n) is 10.1. The van der Waals surface area contributed by atoms with Crippen molar-refractivity contribution in [1.29, 1.82) is 0 Å². The van der Waals surface area contributed by atoms with E-state index in [0.717, 1.165) is 44.1 Å². The third kappa shape index (κ3) is 14.5. The lowest BCUT2D eigenvalue weighted by Gasteiger charge is -2.30. The molecule has 4 rings (SSSR count). The van der Waals surface area contributed by atoms with Gasteiger partial charge in [0.2, 0.25) is 0 Å². The fourth-order valence-corrected chi connectivity index (χ4v) is 4.54. The molecule has 260 valence electrons. The summed E-state index contributed by atoms with van der Waals surface area (Å²) in [6.45, 7) is 6.98. The fraction of sp³-hybridized carbons (Fsp3) is 0.538. The number of likely N-dealkylation sites (tertiary alicyclic amines) is 2. The monoisotopic (exact) mass is 683 g/mol. The van der Waals surface area contributed by atoms with E-state index in [1.807, 2.05) is 18.3 Å². The molecular formula is C26H30F9N3O8. The molecule has 11 nitrogen and oxygen atoms in total. The van der Waals surface area contributed by atoms with Gasteiger partial charge in [0.25, 0.3) is 0 Å². The van der Waals surface area contributed by atoms with Crippen LogP contribution in [0.15, 0.2) is 47.3 Å². The number of aromatic nitrogens is 1. The summed E-state index contributed by atoms with van der Waals surface area (Å²) in [5.74, 6) is -6.61. The smallest absolute Gasteiger partial charge is 0.475 e. The maximum Gasteiger partial charge on any atom is 0.490 e.